The predicted octanol–water partition coefficient (Wildman–Crippen LogP) is 5.39. The third kappa shape index (κ3) is 4.48. The summed E-state index contributed by atoms with van der Waals surface area (Å²) in [6.07, 6.45) is 1.30. The van der Waals surface area contributed by atoms with E-state index in [2.05, 4.69) is 5.32 Å². The van der Waals surface area contributed by atoms with Crippen LogP contribution >= 0.6 is 0 Å². The van der Waals surface area contributed by atoms with Crippen LogP contribution in [0, 0.1) is 5.92 Å². The van der Waals surface area contributed by atoms with E-state index in [1.54, 1.807) is 0 Å². The van der Waals surface area contributed by atoms with E-state index in [-0.39, 0.29) is 17.7 Å². The molecule has 1 fully saturated rings. The molecule has 0 bridgehead atoms. The molecule has 5 heteroatoms. The third-order valence-corrected chi connectivity index (χ3v) is 6.21. The molecule has 2 heterocycles. The number of pyridine rings is 1. The van der Waals surface area contributed by atoms with Gasteiger partial charge < -0.3 is 10.2 Å². The van der Waals surface area contributed by atoms with E-state index in [1.807, 2.05) is 95.9 Å². The number of piperidine rings is 1. The maximum atomic E-state index is 13.6. The first-order chi connectivity index (χ1) is 16.2. The molecule has 1 aromatic heterocycles. The highest BCUT2D eigenvalue weighted by Gasteiger charge is 2.29. The van der Waals surface area contributed by atoms with Crippen LogP contribution in [0.5, 0.6) is 0 Å². The molecule has 0 atom stereocenters. The maximum Gasteiger partial charge on any atom is 0.254 e. The fourth-order valence-electron chi connectivity index (χ4n) is 4.39. The number of carbonyl (C=O) groups is 2. The van der Waals surface area contributed by atoms with Crippen LogP contribution in [0.1, 0.15) is 23.2 Å². The van der Waals surface area contributed by atoms with Crippen LogP contribution in [0.15, 0.2) is 91.0 Å². The lowest BCUT2D eigenvalue weighted by Crippen LogP contribution is -2.41. The number of benzene rings is 3. The van der Waals surface area contributed by atoms with Gasteiger partial charge in [0.05, 0.1) is 16.8 Å². The Kier molecular flexibility index (Phi) is 5.85. The Balaban J connectivity index is 1.35. The van der Waals surface area contributed by atoms with Crippen molar-refractivity contribution in [2.45, 2.75) is 12.8 Å². The number of fused-ring (bicyclic) bond motifs is 1. The summed E-state index contributed by atoms with van der Waals surface area (Å²) < 4.78 is 0. The molecular formula is C28H25N3O2. The molecule has 1 saturated heterocycles. The molecule has 5 nitrogen and oxygen atoms in total. The van der Waals surface area contributed by atoms with Crippen molar-refractivity contribution < 1.29 is 9.59 Å². The molecule has 33 heavy (non-hydrogen) atoms. The molecule has 1 N–H and O–H groups in total. The van der Waals surface area contributed by atoms with Crippen LogP contribution in [0.4, 0.5) is 5.69 Å². The zero-order valence-corrected chi connectivity index (χ0v) is 18.3. The summed E-state index contributed by atoms with van der Waals surface area (Å²) in [6.45, 7) is 1.12. The smallest absolute Gasteiger partial charge is 0.254 e. The van der Waals surface area contributed by atoms with E-state index in [4.69, 9.17) is 4.98 Å². The Morgan fingerprint density at radius 1 is 0.818 bits per heavy atom. The van der Waals surface area contributed by atoms with Crippen molar-refractivity contribution in [1.29, 1.82) is 0 Å². The van der Waals surface area contributed by atoms with Gasteiger partial charge in [0.1, 0.15) is 0 Å². The lowest BCUT2D eigenvalue weighted by atomic mass is 9.94. The van der Waals surface area contributed by atoms with Crippen LogP contribution in [-0.4, -0.2) is 34.8 Å². The van der Waals surface area contributed by atoms with Crippen molar-refractivity contribution in [3.63, 3.8) is 0 Å². The monoisotopic (exact) mass is 435 g/mol. The number of nitrogens with zero attached hydrogens (tertiary/aromatic N) is 2. The largest absolute Gasteiger partial charge is 0.339 e. The summed E-state index contributed by atoms with van der Waals surface area (Å²) >= 11 is 0. The number of aromatic nitrogens is 1. The van der Waals surface area contributed by atoms with Crippen LogP contribution in [0.25, 0.3) is 22.2 Å². The maximum absolute atomic E-state index is 13.6. The molecule has 0 aliphatic carbocycles. The predicted molar refractivity (Wildman–Crippen MR) is 131 cm³/mol. The van der Waals surface area contributed by atoms with Crippen LogP contribution in [0.2, 0.25) is 0 Å². The van der Waals surface area contributed by atoms with Crippen LogP contribution in [0.3, 0.4) is 0 Å². The van der Waals surface area contributed by atoms with Gasteiger partial charge in [0, 0.05) is 35.6 Å². The van der Waals surface area contributed by atoms with Gasteiger partial charge in [0.25, 0.3) is 5.91 Å². The summed E-state index contributed by atoms with van der Waals surface area (Å²) in [4.78, 5) is 32.9. The molecule has 1 aliphatic heterocycles. The molecule has 0 radical (unpaired) electrons. The highest BCUT2D eigenvalue weighted by molar-refractivity contribution is 6.07. The Labute approximate surface area is 193 Å². The second kappa shape index (κ2) is 9.25. The topological polar surface area (TPSA) is 62.3 Å². The highest BCUT2D eigenvalue weighted by atomic mass is 16.2. The van der Waals surface area contributed by atoms with E-state index in [1.165, 1.54) is 0 Å². The Hall–Kier alpha value is -3.99. The number of rotatable bonds is 4. The quantitative estimate of drug-likeness (QED) is 0.467. The number of anilines is 1. The fraction of sp³-hybridized carbons (Fsp3) is 0.179. The van der Waals surface area contributed by atoms with Crippen molar-refractivity contribution in [2.75, 3.05) is 18.4 Å². The average molecular weight is 436 g/mol. The molecule has 5 rings (SSSR count). The summed E-state index contributed by atoms with van der Waals surface area (Å²) in [5.74, 6) is -0.0787. The molecule has 0 spiro atoms. The number of carbonyl (C=O) groups excluding carboxylic acids is 2. The van der Waals surface area contributed by atoms with Crippen LogP contribution < -0.4 is 5.32 Å². The lowest BCUT2D eigenvalue weighted by molar-refractivity contribution is -0.121. The molecule has 1 aliphatic rings. The molecule has 2 amide bonds. The number of hydrogen-bond donors (Lipinski definition) is 1. The molecule has 4 aromatic rings. The van der Waals surface area contributed by atoms with Crippen molar-refractivity contribution in [3.8, 4) is 11.3 Å². The number of likely N-dealkylation sites (tertiary alicyclic amines) is 1. The Bertz CT molecular complexity index is 1280. The highest BCUT2D eigenvalue weighted by Crippen LogP contribution is 2.27. The zero-order chi connectivity index (χ0) is 22.6. The van der Waals surface area contributed by atoms with Gasteiger partial charge in [-0.2, -0.15) is 0 Å². The summed E-state index contributed by atoms with van der Waals surface area (Å²) in [5.41, 5.74) is 4.03. The molecule has 164 valence electrons. The minimum absolute atomic E-state index is 0.00676. The minimum atomic E-state index is -0.0941. The van der Waals surface area contributed by atoms with Crippen molar-refractivity contribution >= 4 is 28.4 Å². The minimum Gasteiger partial charge on any atom is -0.339 e. The van der Waals surface area contributed by atoms with Gasteiger partial charge >= 0.3 is 0 Å². The average Bonchev–Trinajstić information content (AvgIpc) is 2.89. The number of para-hydroxylation sites is 2. The van der Waals surface area contributed by atoms with E-state index in [9.17, 15) is 9.59 Å². The first kappa shape index (κ1) is 20.9. The standard InChI is InChI=1S/C28H25N3O2/c32-27(29-22-11-5-2-6-12-22)21-15-17-31(18-16-21)28(33)24-19-26(20-9-3-1-4-10-20)30-25-14-8-7-13-23(24)25/h1-14,19,21H,15-18H2,(H,29,32). The van der Waals surface area contributed by atoms with E-state index in [0.717, 1.165) is 27.8 Å². The molecule has 3 aromatic carbocycles. The number of hydrogen-bond acceptors (Lipinski definition) is 3. The van der Waals surface area contributed by atoms with E-state index >= 15 is 0 Å². The van der Waals surface area contributed by atoms with Crippen LogP contribution in [-0.2, 0) is 4.79 Å². The SMILES string of the molecule is O=C(Nc1ccccc1)C1CCN(C(=O)c2cc(-c3ccccc3)nc3ccccc23)CC1. The second-order valence-electron chi connectivity index (χ2n) is 8.36. The third-order valence-electron chi connectivity index (χ3n) is 6.21. The molecular weight excluding hydrogens is 410 g/mol. The van der Waals surface area contributed by atoms with Crippen molar-refractivity contribution in [3.05, 3.63) is 96.6 Å². The molecule has 0 unspecified atom stereocenters. The second-order valence-corrected chi connectivity index (χ2v) is 8.36. The summed E-state index contributed by atoms with van der Waals surface area (Å²) in [5, 5.41) is 3.84. The lowest BCUT2D eigenvalue weighted by Gasteiger charge is -2.31. The molecule has 0 saturated carbocycles. The summed E-state index contributed by atoms with van der Waals surface area (Å²) in [6, 6.07) is 29.1. The van der Waals surface area contributed by atoms with Gasteiger partial charge in [-0.25, -0.2) is 4.98 Å². The normalized spacial score (nSPS) is 14.2. The van der Waals surface area contributed by atoms with E-state index < -0.39 is 0 Å². The summed E-state index contributed by atoms with van der Waals surface area (Å²) in [7, 11) is 0. The first-order valence-electron chi connectivity index (χ1n) is 11.3. The van der Waals surface area contributed by atoms with Gasteiger partial charge in [-0.05, 0) is 37.1 Å². The van der Waals surface area contributed by atoms with Crippen molar-refractivity contribution in [2.24, 2.45) is 5.92 Å². The number of nitrogens with one attached hydrogen (secondary N) is 1. The fourth-order valence-corrected chi connectivity index (χ4v) is 4.39. The van der Waals surface area contributed by atoms with Gasteiger partial charge in [0.2, 0.25) is 5.91 Å². The van der Waals surface area contributed by atoms with E-state index in [0.29, 0.717) is 31.5 Å². The van der Waals surface area contributed by atoms with Gasteiger partial charge in [-0.3, -0.25) is 9.59 Å². The Morgan fingerprint density at radius 3 is 2.18 bits per heavy atom. The van der Waals surface area contributed by atoms with Gasteiger partial charge in [-0.15, -0.1) is 0 Å². The van der Waals surface area contributed by atoms with Gasteiger partial charge in [0.15, 0.2) is 0 Å². The zero-order valence-electron chi connectivity index (χ0n) is 18.3. The van der Waals surface area contributed by atoms with Crippen molar-refractivity contribution in [1.82, 2.24) is 9.88 Å². The van der Waals surface area contributed by atoms with Gasteiger partial charge in [-0.1, -0.05) is 66.7 Å². The number of amides is 2. The Morgan fingerprint density at radius 2 is 1.45 bits per heavy atom. The first-order valence-corrected chi connectivity index (χ1v) is 11.3.